The van der Waals surface area contributed by atoms with Gasteiger partial charge in [-0.15, -0.1) is 0 Å². The summed E-state index contributed by atoms with van der Waals surface area (Å²) in [4.78, 5) is 35.4. The Morgan fingerprint density at radius 2 is 1.62 bits per heavy atom. The fourth-order valence-electron chi connectivity index (χ4n) is 3.33. The molecule has 0 aromatic heterocycles. The van der Waals surface area contributed by atoms with Gasteiger partial charge in [-0.2, -0.15) is 0 Å². The van der Waals surface area contributed by atoms with Crippen molar-refractivity contribution < 1.29 is 43.5 Å². The SMILES string of the molecule is COc1ccc(C(=O)O)cc1OCCNC(=O)OCCCOc1ccc(C(=O)CC(C)(C)C)c(O)c1C. The van der Waals surface area contributed by atoms with Crippen LogP contribution >= 0.6 is 0 Å². The molecule has 2 aromatic carbocycles. The number of Topliss-reactive ketones (excluding diaryl/α,β-unsaturated/α-hetero) is 1. The number of amides is 1. The van der Waals surface area contributed by atoms with Gasteiger partial charge in [-0.05, 0) is 42.7 Å². The van der Waals surface area contributed by atoms with E-state index >= 15 is 0 Å². The minimum atomic E-state index is -1.09. The molecular weight excluding hydrogens is 482 g/mol. The minimum absolute atomic E-state index is 0.0563. The number of carboxylic acid groups (broad SMARTS) is 1. The third-order valence-corrected chi connectivity index (χ3v) is 5.19. The van der Waals surface area contributed by atoms with Crippen molar-refractivity contribution in [3.63, 3.8) is 0 Å². The summed E-state index contributed by atoms with van der Waals surface area (Å²) >= 11 is 0. The van der Waals surface area contributed by atoms with Crippen LogP contribution in [0.25, 0.3) is 0 Å². The van der Waals surface area contributed by atoms with Crippen molar-refractivity contribution in [2.45, 2.75) is 40.5 Å². The van der Waals surface area contributed by atoms with Crippen LogP contribution in [0.15, 0.2) is 30.3 Å². The largest absolute Gasteiger partial charge is 0.507 e. The predicted molar refractivity (Wildman–Crippen MR) is 136 cm³/mol. The van der Waals surface area contributed by atoms with Crippen LogP contribution in [0, 0.1) is 12.3 Å². The molecule has 10 nitrogen and oxygen atoms in total. The lowest BCUT2D eigenvalue weighted by Crippen LogP contribution is -2.29. The summed E-state index contributed by atoms with van der Waals surface area (Å²) in [6, 6.07) is 7.46. The maximum Gasteiger partial charge on any atom is 0.407 e. The number of phenolic OH excluding ortho intramolecular Hbond substituents is 1. The van der Waals surface area contributed by atoms with E-state index in [-0.39, 0.29) is 60.2 Å². The van der Waals surface area contributed by atoms with E-state index in [9.17, 15) is 19.5 Å². The van der Waals surface area contributed by atoms with E-state index < -0.39 is 12.1 Å². The Labute approximate surface area is 216 Å². The lowest BCUT2D eigenvalue weighted by molar-refractivity contribution is 0.0695. The van der Waals surface area contributed by atoms with Crippen molar-refractivity contribution in [3.8, 4) is 23.0 Å². The van der Waals surface area contributed by atoms with Crippen molar-refractivity contribution in [3.05, 3.63) is 47.0 Å². The number of phenols is 1. The highest BCUT2D eigenvalue weighted by atomic mass is 16.6. The Morgan fingerprint density at radius 3 is 2.27 bits per heavy atom. The molecule has 0 aliphatic rings. The molecule has 0 atom stereocenters. The number of carbonyl (C=O) groups is 3. The summed E-state index contributed by atoms with van der Waals surface area (Å²) in [7, 11) is 1.44. The number of alkyl carbamates (subject to hydrolysis) is 1. The monoisotopic (exact) mass is 517 g/mol. The number of ether oxygens (including phenoxy) is 4. The van der Waals surface area contributed by atoms with E-state index in [4.69, 9.17) is 24.1 Å². The van der Waals surface area contributed by atoms with Crippen molar-refractivity contribution in [1.29, 1.82) is 0 Å². The van der Waals surface area contributed by atoms with Gasteiger partial charge in [0.2, 0.25) is 0 Å². The number of rotatable bonds is 13. The first-order valence-electron chi connectivity index (χ1n) is 11.9. The molecule has 0 unspecified atom stereocenters. The van der Waals surface area contributed by atoms with Crippen LogP contribution in [-0.4, -0.2) is 61.5 Å². The Balaban J connectivity index is 1.70. The Morgan fingerprint density at radius 1 is 0.946 bits per heavy atom. The lowest BCUT2D eigenvalue weighted by Gasteiger charge is -2.18. The maximum absolute atomic E-state index is 12.5. The molecular formula is C27H35NO9. The number of carbonyl (C=O) groups excluding carboxylic acids is 2. The fourth-order valence-corrected chi connectivity index (χ4v) is 3.33. The Hall–Kier alpha value is -3.95. The molecule has 0 heterocycles. The molecule has 37 heavy (non-hydrogen) atoms. The molecule has 0 spiro atoms. The van der Waals surface area contributed by atoms with Crippen LogP contribution < -0.4 is 19.5 Å². The van der Waals surface area contributed by atoms with Crippen LogP contribution in [-0.2, 0) is 4.74 Å². The summed E-state index contributed by atoms with van der Waals surface area (Å²) in [5.41, 5.74) is 0.620. The molecule has 202 valence electrons. The summed E-state index contributed by atoms with van der Waals surface area (Å²) in [5, 5.41) is 22.1. The molecule has 0 bridgehead atoms. The van der Waals surface area contributed by atoms with Gasteiger partial charge in [-0.1, -0.05) is 20.8 Å². The zero-order chi connectivity index (χ0) is 27.6. The van der Waals surface area contributed by atoms with E-state index in [1.807, 2.05) is 20.8 Å². The normalized spacial score (nSPS) is 10.9. The molecule has 0 radical (unpaired) electrons. The molecule has 3 N–H and O–H groups in total. The smallest absolute Gasteiger partial charge is 0.407 e. The first-order valence-corrected chi connectivity index (χ1v) is 11.9. The molecule has 10 heteroatoms. The maximum atomic E-state index is 12.5. The Kier molecular flexibility index (Phi) is 10.6. The molecule has 2 aromatic rings. The van der Waals surface area contributed by atoms with Crippen molar-refractivity contribution >= 4 is 17.8 Å². The molecule has 1 amide bonds. The fraction of sp³-hybridized carbons (Fsp3) is 0.444. The summed E-state index contributed by atoms with van der Waals surface area (Å²) < 4.78 is 21.4. The number of benzene rings is 2. The second-order valence-electron chi connectivity index (χ2n) is 9.53. The van der Waals surface area contributed by atoms with Gasteiger partial charge in [0, 0.05) is 18.4 Å². The number of aromatic hydroxyl groups is 1. The van der Waals surface area contributed by atoms with Crippen LogP contribution in [0.1, 0.15) is 59.9 Å². The van der Waals surface area contributed by atoms with E-state index in [1.54, 1.807) is 19.1 Å². The summed E-state index contributed by atoms with van der Waals surface area (Å²) in [6.45, 7) is 8.12. The van der Waals surface area contributed by atoms with E-state index in [2.05, 4.69) is 5.32 Å². The van der Waals surface area contributed by atoms with Gasteiger partial charge >= 0.3 is 12.1 Å². The average Bonchev–Trinajstić information content (AvgIpc) is 2.82. The minimum Gasteiger partial charge on any atom is -0.507 e. The number of hydrogen-bond donors (Lipinski definition) is 3. The number of methoxy groups -OCH3 is 1. The molecule has 0 saturated carbocycles. The van der Waals surface area contributed by atoms with Crippen LogP contribution in [0.3, 0.4) is 0 Å². The third-order valence-electron chi connectivity index (χ3n) is 5.19. The van der Waals surface area contributed by atoms with Crippen molar-refractivity contribution in [2.24, 2.45) is 5.41 Å². The molecule has 0 fully saturated rings. The average molecular weight is 518 g/mol. The zero-order valence-corrected chi connectivity index (χ0v) is 21.9. The van der Waals surface area contributed by atoms with Gasteiger partial charge in [0.1, 0.15) is 18.1 Å². The highest BCUT2D eigenvalue weighted by Crippen LogP contribution is 2.33. The number of ketones is 1. The van der Waals surface area contributed by atoms with Gasteiger partial charge in [0.15, 0.2) is 17.3 Å². The van der Waals surface area contributed by atoms with Gasteiger partial charge < -0.3 is 34.5 Å². The second kappa shape index (κ2) is 13.4. The van der Waals surface area contributed by atoms with Crippen LogP contribution in [0.5, 0.6) is 23.0 Å². The highest BCUT2D eigenvalue weighted by Gasteiger charge is 2.21. The van der Waals surface area contributed by atoms with E-state index in [0.717, 1.165) is 0 Å². The topological polar surface area (TPSA) is 141 Å². The number of nitrogens with one attached hydrogen (secondary N) is 1. The molecule has 0 aliphatic heterocycles. The molecule has 0 saturated heterocycles. The first-order chi connectivity index (χ1) is 17.4. The second-order valence-corrected chi connectivity index (χ2v) is 9.53. The van der Waals surface area contributed by atoms with Gasteiger partial charge in [0.25, 0.3) is 0 Å². The summed E-state index contributed by atoms with van der Waals surface area (Å²) in [5.74, 6) is -0.221. The number of carboxylic acids is 1. The van der Waals surface area contributed by atoms with Gasteiger partial charge in [0.05, 0.1) is 38.0 Å². The van der Waals surface area contributed by atoms with Gasteiger partial charge in [-0.3, -0.25) is 4.79 Å². The highest BCUT2D eigenvalue weighted by molar-refractivity contribution is 5.99. The number of hydrogen-bond acceptors (Lipinski definition) is 8. The van der Waals surface area contributed by atoms with Gasteiger partial charge in [-0.25, -0.2) is 9.59 Å². The predicted octanol–water partition coefficient (Wildman–Crippen LogP) is 4.60. The number of aromatic carboxylic acids is 1. The van der Waals surface area contributed by atoms with E-state index in [1.165, 1.54) is 25.3 Å². The Bertz CT molecular complexity index is 1110. The quantitative estimate of drug-likeness (QED) is 0.257. The summed E-state index contributed by atoms with van der Waals surface area (Å²) in [6.07, 6.45) is 0.0941. The lowest BCUT2D eigenvalue weighted by atomic mass is 9.87. The van der Waals surface area contributed by atoms with Crippen LogP contribution in [0.4, 0.5) is 4.79 Å². The standard InChI is InChI=1S/C27H35NO9/c1-17-21(10-8-19(24(17)30)20(29)16-27(2,3)4)35-12-6-13-37-26(33)28-11-14-36-23-15-18(25(31)32)7-9-22(23)34-5/h7-10,15,30H,6,11-14,16H2,1-5H3,(H,28,33)(H,31,32). The van der Waals surface area contributed by atoms with Crippen LogP contribution in [0.2, 0.25) is 0 Å². The zero-order valence-electron chi connectivity index (χ0n) is 21.9. The van der Waals surface area contributed by atoms with E-state index in [0.29, 0.717) is 29.9 Å². The molecule has 2 rings (SSSR count). The molecule has 0 aliphatic carbocycles. The first kappa shape index (κ1) is 29.3. The third kappa shape index (κ3) is 9.21. The van der Waals surface area contributed by atoms with Crippen molar-refractivity contribution in [1.82, 2.24) is 5.32 Å². The van der Waals surface area contributed by atoms with Crippen molar-refractivity contribution in [2.75, 3.05) is 33.5 Å².